The zero-order valence-corrected chi connectivity index (χ0v) is 15.2. The second-order valence-corrected chi connectivity index (χ2v) is 5.78. The Balaban J connectivity index is 2.24. The van der Waals surface area contributed by atoms with Gasteiger partial charge in [0.15, 0.2) is 11.5 Å². The van der Waals surface area contributed by atoms with Crippen LogP contribution in [0.1, 0.15) is 18.1 Å². The van der Waals surface area contributed by atoms with Gasteiger partial charge in [-0.05, 0) is 30.2 Å². The molecule has 0 aliphatic rings. The average Bonchev–Trinajstić information content (AvgIpc) is 2.66. The lowest BCUT2D eigenvalue weighted by atomic mass is 10.1. The van der Waals surface area contributed by atoms with Crippen LogP contribution in [0.25, 0.3) is 0 Å². The molecular weight excluding hydrogens is 318 g/mol. The number of hydrogen-bond acceptors (Lipinski definition) is 5. The Labute approximate surface area is 149 Å². The van der Waals surface area contributed by atoms with Crippen molar-refractivity contribution in [3.63, 3.8) is 0 Å². The first-order valence-corrected chi connectivity index (χ1v) is 8.15. The Morgan fingerprint density at radius 2 is 1.56 bits per heavy atom. The first kappa shape index (κ1) is 18.8. The monoisotopic (exact) mass is 343 g/mol. The van der Waals surface area contributed by atoms with E-state index in [9.17, 15) is 4.79 Å². The van der Waals surface area contributed by atoms with Gasteiger partial charge in [0.2, 0.25) is 0 Å². The van der Waals surface area contributed by atoms with Gasteiger partial charge in [-0.25, -0.2) is 0 Å². The molecule has 0 aromatic heterocycles. The van der Waals surface area contributed by atoms with E-state index < -0.39 is 0 Å². The van der Waals surface area contributed by atoms with Gasteiger partial charge in [-0.15, -0.1) is 0 Å². The van der Waals surface area contributed by atoms with Crippen molar-refractivity contribution < 1.29 is 19.0 Å². The number of carbonyl (C=O) groups excluding carboxylic acids is 1. The van der Waals surface area contributed by atoms with E-state index in [-0.39, 0.29) is 12.0 Å². The number of ether oxygens (including phenoxy) is 3. The molecule has 2 aromatic rings. The molecule has 0 saturated heterocycles. The summed E-state index contributed by atoms with van der Waals surface area (Å²) in [6, 6.07) is 15.5. The fraction of sp³-hybridized carbons (Fsp3) is 0.350. The van der Waals surface area contributed by atoms with Gasteiger partial charge >= 0.3 is 5.97 Å². The Hall–Kier alpha value is -2.53. The highest BCUT2D eigenvalue weighted by Gasteiger charge is 2.22. The molecule has 0 unspecified atom stereocenters. The van der Waals surface area contributed by atoms with Crippen molar-refractivity contribution in [1.82, 2.24) is 4.90 Å². The van der Waals surface area contributed by atoms with E-state index in [0.717, 1.165) is 11.1 Å². The van der Waals surface area contributed by atoms with Crippen LogP contribution in [0.3, 0.4) is 0 Å². The molecule has 0 fully saturated rings. The third-order valence-corrected chi connectivity index (χ3v) is 4.15. The first-order chi connectivity index (χ1) is 12.1. The molecule has 0 spiro atoms. The third kappa shape index (κ3) is 4.97. The van der Waals surface area contributed by atoms with Gasteiger partial charge in [-0.2, -0.15) is 0 Å². The van der Waals surface area contributed by atoms with Crippen LogP contribution in [0.4, 0.5) is 0 Å². The van der Waals surface area contributed by atoms with Gasteiger partial charge in [-0.1, -0.05) is 36.4 Å². The fourth-order valence-corrected chi connectivity index (χ4v) is 2.68. The van der Waals surface area contributed by atoms with E-state index in [1.54, 1.807) is 14.2 Å². The minimum atomic E-state index is -0.363. The second-order valence-electron chi connectivity index (χ2n) is 5.78. The number of esters is 1. The number of rotatable bonds is 8. The van der Waals surface area contributed by atoms with Crippen LogP contribution in [0.5, 0.6) is 11.5 Å². The number of benzene rings is 2. The summed E-state index contributed by atoms with van der Waals surface area (Å²) in [5.74, 6) is 1.10. The average molecular weight is 343 g/mol. The maximum atomic E-state index is 12.0. The largest absolute Gasteiger partial charge is 0.493 e. The Morgan fingerprint density at radius 3 is 2.16 bits per heavy atom. The van der Waals surface area contributed by atoms with Crippen molar-refractivity contribution in [2.75, 3.05) is 21.3 Å². The smallest absolute Gasteiger partial charge is 0.322 e. The van der Waals surface area contributed by atoms with Crippen LogP contribution < -0.4 is 9.47 Å². The predicted molar refractivity (Wildman–Crippen MR) is 96.7 cm³/mol. The third-order valence-electron chi connectivity index (χ3n) is 4.15. The van der Waals surface area contributed by atoms with Crippen LogP contribution in [0.2, 0.25) is 0 Å². The summed E-state index contributed by atoms with van der Waals surface area (Å²) >= 11 is 0. The molecule has 1 atom stereocenters. The molecule has 0 N–H and O–H groups in total. The molecule has 2 aromatic carbocycles. The van der Waals surface area contributed by atoms with Gasteiger partial charge in [0.25, 0.3) is 0 Å². The van der Waals surface area contributed by atoms with Gasteiger partial charge in [-0.3, -0.25) is 9.69 Å². The van der Waals surface area contributed by atoms with Crippen LogP contribution in [-0.2, 0) is 22.6 Å². The van der Waals surface area contributed by atoms with Crippen molar-refractivity contribution in [2.24, 2.45) is 0 Å². The van der Waals surface area contributed by atoms with Gasteiger partial charge in [0, 0.05) is 13.1 Å². The fourth-order valence-electron chi connectivity index (χ4n) is 2.68. The van der Waals surface area contributed by atoms with E-state index in [0.29, 0.717) is 24.6 Å². The van der Waals surface area contributed by atoms with E-state index >= 15 is 0 Å². The standard InChI is InChI=1S/C20H25NO4/c1-15(20(22)25-4)21(13-16-8-6-5-7-9-16)14-17-10-11-18(23-2)19(12-17)24-3/h5-12,15H,13-14H2,1-4H3/t15-/m0/s1. The lowest BCUT2D eigenvalue weighted by Gasteiger charge is -2.27. The summed E-state index contributed by atoms with van der Waals surface area (Å²) in [5.41, 5.74) is 2.17. The van der Waals surface area contributed by atoms with Gasteiger partial charge < -0.3 is 14.2 Å². The van der Waals surface area contributed by atoms with Crippen molar-refractivity contribution in [3.05, 3.63) is 59.7 Å². The lowest BCUT2D eigenvalue weighted by Crippen LogP contribution is -2.38. The van der Waals surface area contributed by atoms with Crippen molar-refractivity contribution in [1.29, 1.82) is 0 Å². The molecule has 25 heavy (non-hydrogen) atoms. The van der Waals surface area contributed by atoms with Crippen molar-refractivity contribution in [2.45, 2.75) is 26.1 Å². The molecule has 0 amide bonds. The zero-order chi connectivity index (χ0) is 18.2. The van der Waals surface area contributed by atoms with Crippen LogP contribution in [-0.4, -0.2) is 38.2 Å². The molecule has 0 heterocycles. The van der Waals surface area contributed by atoms with Gasteiger partial charge in [0.1, 0.15) is 6.04 Å². The minimum Gasteiger partial charge on any atom is -0.493 e. The van der Waals surface area contributed by atoms with Gasteiger partial charge in [0.05, 0.1) is 21.3 Å². The topological polar surface area (TPSA) is 48.0 Å². The van der Waals surface area contributed by atoms with Crippen molar-refractivity contribution in [3.8, 4) is 11.5 Å². The molecule has 0 saturated carbocycles. The molecule has 134 valence electrons. The second kappa shape index (κ2) is 9.08. The minimum absolute atomic E-state index is 0.253. The van der Waals surface area contributed by atoms with E-state index in [4.69, 9.17) is 14.2 Å². The maximum Gasteiger partial charge on any atom is 0.322 e. The zero-order valence-electron chi connectivity index (χ0n) is 15.2. The van der Waals surface area contributed by atoms with E-state index in [1.165, 1.54) is 7.11 Å². The molecule has 0 aliphatic carbocycles. The SMILES string of the molecule is COC(=O)[C@H](C)N(Cc1ccccc1)Cc1ccc(OC)c(OC)c1. The summed E-state index contributed by atoms with van der Waals surface area (Å²) in [4.78, 5) is 14.1. The highest BCUT2D eigenvalue weighted by molar-refractivity contribution is 5.75. The molecule has 0 radical (unpaired) electrons. The predicted octanol–water partition coefficient (Wildman–Crippen LogP) is 3.27. The highest BCUT2D eigenvalue weighted by Crippen LogP contribution is 2.28. The summed E-state index contributed by atoms with van der Waals surface area (Å²) in [5, 5.41) is 0. The number of nitrogens with zero attached hydrogens (tertiary/aromatic N) is 1. The summed E-state index contributed by atoms with van der Waals surface area (Å²) in [6.07, 6.45) is 0. The summed E-state index contributed by atoms with van der Waals surface area (Å²) < 4.78 is 15.6. The summed E-state index contributed by atoms with van der Waals surface area (Å²) in [6.45, 7) is 3.09. The van der Waals surface area contributed by atoms with Crippen LogP contribution in [0, 0.1) is 0 Å². The van der Waals surface area contributed by atoms with E-state index in [1.807, 2.05) is 55.5 Å². The maximum absolute atomic E-state index is 12.0. The number of carbonyl (C=O) groups is 1. The lowest BCUT2D eigenvalue weighted by molar-refractivity contribution is -0.146. The molecule has 5 heteroatoms. The molecular formula is C20H25NO4. The van der Waals surface area contributed by atoms with Crippen molar-refractivity contribution >= 4 is 5.97 Å². The Bertz CT molecular complexity index is 687. The number of hydrogen-bond donors (Lipinski definition) is 0. The Kier molecular flexibility index (Phi) is 6.83. The molecule has 5 nitrogen and oxygen atoms in total. The number of methoxy groups -OCH3 is 3. The van der Waals surface area contributed by atoms with Crippen LogP contribution in [0.15, 0.2) is 48.5 Å². The molecule has 0 aliphatic heterocycles. The highest BCUT2D eigenvalue weighted by atomic mass is 16.5. The first-order valence-electron chi connectivity index (χ1n) is 8.15. The van der Waals surface area contributed by atoms with E-state index in [2.05, 4.69) is 4.90 Å². The van der Waals surface area contributed by atoms with Crippen LogP contribution >= 0.6 is 0 Å². The summed E-state index contributed by atoms with van der Waals surface area (Å²) in [7, 11) is 4.63. The Morgan fingerprint density at radius 1 is 0.920 bits per heavy atom. The molecule has 2 rings (SSSR count). The molecule has 0 bridgehead atoms. The quantitative estimate of drug-likeness (QED) is 0.689. The normalized spacial score (nSPS) is 11.9.